The zero-order valence-corrected chi connectivity index (χ0v) is 32.1. The van der Waals surface area contributed by atoms with Gasteiger partial charge in [-0.1, -0.05) is 161 Å². The van der Waals surface area contributed by atoms with E-state index in [0.717, 1.165) is 39.0 Å². The number of hydrogen-bond donors (Lipinski definition) is 0. The van der Waals surface area contributed by atoms with Crippen LogP contribution in [0.1, 0.15) is 49.9 Å². The highest BCUT2D eigenvalue weighted by Crippen LogP contribution is 2.59. The number of furan rings is 1. The van der Waals surface area contributed by atoms with Crippen molar-refractivity contribution in [2.45, 2.75) is 38.5 Å². The molecule has 0 radical (unpaired) electrons. The Hall–Kier alpha value is -6.64. The fraction of sp³-hybridized carbons (Fsp3) is 0.111. The van der Waals surface area contributed by atoms with Gasteiger partial charge in [0.15, 0.2) is 0 Å². The summed E-state index contributed by atoms with van der Waals surface area (Å²) < 4.78 is 6.92. The minimum absolute atomic E-state index is 0.153. The van der Waals surface area contributed by atoms with Crippen LogP contribution < -0.4 is 4.90 Å². The van der Waals surface area contributed by atoms with E-state index in [9.17, 15) is 0 Å². The van der Waals surface area contributed by atoms with Gasteiger partial charge in [-0.05, 0) is 104 Å². The minimum Gasteiger partial charge on any atom is -0.456 e. The monoisotopic (exact) mass is 719 g/mol. The Bertz CT molecular complexity index is 3000. The van der Waals surface area contributed by atoms with E-state index < -0.39 is 0 Å². The van der Waals surface area contributed by atoms with Gasteiger partial charge in [0, 0.05) is 33.2 Å². The molecule has 2 heteroatoms. The standard InChI is InChI=1S/C54H41NO/c1-53(2)44-21-13-11-19-40(44)41-29-28-39(32-46(41)53)55(38-26-23-36(24-27-38)34-15-7-5-8-16-34)52-50-42-20-12-14-22-45(42)54(3,4)47(50)33-49-51(52)43-31-37(25-30-48(43)56-49)35-17-9-6-10-18-35/h5-33H,1-4H3. The quantitative estimate of drug-likeness (QED) is 0.176. The third-order valence-corrected chi connectivity index (χ3v) is 12.7. The molecule has 0 spiro atoms. The normalized spacial score (nSPS) is 14.4. The van der Waals surface area contributed by atoms with Crippen molar-refractivity contribution in [1.82, 2.24) is 0 Å². The second kappa shape index (κ2) is 11.9. The molecule has 11 rings (SSSR count). The third-order valence-electron chi connectivity index (χ3n) is 12.7. The summed E-state index contributed by atoms with van der Waals surface area (Å²) in [7, 11) is 0. The lowest BCUT2D eigenvalue weighted by Gasteiger charge is -2.31. The molecule has 0 atom stereocenters. The van der Waals surface area contributed by atoms with Crippen molar-refractivity contribution in [3.05, 3.63) is 198 Å². The van der Waals surface area contributed by atoms with E-state index in [1.165, 1.54) is 66.8 Å². The zero-order chi connectivity index (χ0) is 37.8. The van der Waals surface area contributed by atoms with Crippen LogP contribution >= 0.6 is 0 Å². The molecule has 0 saturated heterocycles. The molecule has 0 amide bonds. The highest BCUT2D eigenvalue weighted by atomic mass is 16.3. The molecular weight excluding hydrogens is 679 g/mol. The lowest BCUT2D eigenvalue weighted by molar-refractivity contribution is 0.647. The van der Waals surface area contributed by atoms with Gasteiger partial charge in [-0.2, -0.15) is 0 Å². The molecule has 0 saturated carbocycles. The van der Waals surface area contributed by atoms with Crippen molar-refractivity contribution in [3.63, 3.8) is 0 Å². The Balaban J connectivity index is 1.25. The molecule has 0 aliphatic heterocycles. The SMILES string of the molecule is CC1(C)c2ccccc2-c2ccc(N(c3ccc(-c4ccccc4)cc3)c3c4c(cc5oc6ccc(-c7ccccc7)cc6c35)C(C)(C)c3ccccc3-4)cc21. The lowest BCUT2D eigenvalue weighted by atomic mass is 9.82. The molecule has 9 aromatic rings. The maximum Gasteiger partial charge on any atom is 0.137 e. The second-order valence-corrected chi connectivity index (χ2v) is 16.5. The van der Waals surface area contributed by atoms with Crippen molar-refractivity contribution in [1.29, 1.82) is 0 Å². The molecule has 2 aliphatic carbocycles. The van der Waals surface area contributed by atoms with Gasteiger partial charge in [-0.25, -0.2) is 0 Å². The molecule has 2 nitrogen and oxygen atoms in total. The van der Waals surface area contributed by atoms with Gasteiger partial charge in [-0.15, -0.1) is 0 Å². The van der Waals surface area contributed by atoms with Crippen molar-refractivity contribution in [2.75, 3.05) is 4.90 Å². The van der Waals surface area contributed by atoms with Gasteiger partial charge in [-0.3, -0.25) is 0 Å². The van der Waals surface area contributed by atoms with Crippen LogP contribution in [-0.4, -0.2) is 0 Å². The Morgan fingerprint density at radius 2 is 0.929 bits per heavy atom. The van der Waals surface area contributed by atoms with Crippen LogP contribution in [0.25, 0.3) is 66.4 Å². The van der Waals surface area contributed by atoms with Crippen LogP contribution in [0.3, 0.4) is 0 Å². The summed E-state index contributed by atoms with van der Waals surface area (Å²) in [5.41, 5.74) is 20.1. The number of nitrogens with zero attached hydrogens (tertiary/aromatic N) is 1. The molecule has 0 bridgehead atoms. The molecule has 0 N–H and O–H groups in total. The molecule has 56 heavy (non-hydrogen) atoms. The fourth-order valence-electron chi connectivity index (χ4n) is 9.78. The summed E-state index contributed by atoms with van der Waals surface area (Å²) in [6.45, 7) is 9.45. The highest BCUT2D eigenvalue weighted by molar-refractivity contribution is 6.19. The maximum atomic E-state index is 6.92. The van der Waals surface area contributed by atoms with Gasteiger partial charge in [0.2, 0.25) is 0 Å². The average molecular weight is 720 g/mol. The summed E-state index contributed by atoms with van der Waals surface area (Å²) in [4.78, 5) is 2.53. The van der Waals surface area contributed by atoms with Crippen LogP contribution in [0.5, 0.6) is 0 Å². The zero-order valence-electron chi connectivity index (χ0n) is 32.1. The number of fused-ring (bicyclic) bond motifs is 9. The van der Waals surface area contributed by atoms with Gasteiger partial charge in [0.1, 0.15) is 11.2 Å². The summed E-state index contributed by atoms with van der Waals surface area (Å²) in [6.07, 6.45) is 0. The fourth-order valence-corrected chi connectivity index (χ4v) is 9.78. The largest absolute Gasteiger partial charge is 0.456 e. The first-order valence-corrected chi connectivity index (χ1v) is 19.7. The van der Waals surface area contributed by atoms with E-state index in [0.29, 0.717) is 0 Å². The summed E-state index contributed by atoms with van der Waals surface area (Å²) >= 11 is 0. The number of hydrogen-bond acceptors (Lipinski definition) is 2. The smallest absolute Gasteiger partial charge is 0.137 e. The van der Waals surface area contributed by atoms with E-state index in [4.69, 9.17) is 4.42 Å². The highest BCUT2D eigenvalue weighted by Gasteiger charge is 2.41. The van der Waals surface area contributed by atoms with Gasteiger partial charge in [0.25, 0.3) is 0 Å². The summed E-state index contributed by atoms with van der Waals surface area (Å²) in [5.74, 6) is 0. The van der Waals surface area contributed by atoms with E-state index in [-0.39, 0.29) is 10.8 Å². The first-order chi connectivity index (χ1) is 27.3. The van der Waals surface area contributed by atoms with E-state index in [2.05, 4.69) is 209 Å². The molecular formula is C54H41NO. The van der Waals surface area contributed by atoms with E-state index in [1.807, 2.05) is 0 Å². The van der Waals surface area contributed by atoms with Gasteiger partial charge < -0.3 is 9.32 Å². The summed E-state index contributed by atoms with van der Waals surface area (Å²) in [6, 6.07) is 64.5. The average Bonchev–Trinajstić information content (AvgIpc) is 3.81. The van der Waals surface area contributed by atoms with Crippen LogP contribution in [0.2, 0.25) is 0 Å². The second-order valence-electron chi connectivity index (χ2n) is 16.5. The van der Waals surface area contributed by atoms with Gasteiger partial charge >= 0.3 is 0 Å². The van der Waals surface area contributed by atoms with E-state index in [1.54, 1.807) is 0 Å². The van der Waals surface area contributed by atoms with Crippen molar-refractivity contribution in [3.8, 4) is 44.5 Å². The van der Waals surface area contributed by atoms with Crippen molar-refractivity contribution >= 4 is 39.0 Å². The van der Waals surface area contributed by atoms with Crippen LogP contribution in [-0.2, 0) is 10.8 Å². The van der Waals surface area contributed by atoms with Gasteiger partial charge in [0.05, 0.1) is 11.1 Å². The molecule has 268 valence electrons. The third kappa shape index (κ3) is 4.69. The number of benzene rings is 8. The Kier molecular flexibility index (Phi) is 6.98. The van der Waals surface area contributed by atoms with Crippen LogP contribution in [0.15, 0.2) is 180 Å². The Morgan fingerprint density at radius 3 is 1.64 bits per heavy atom. The maximum absolute atomic E-state index is 6.92. The van der Waals surface area contributed by atoms with Crippen LogP contribution in [0.4, 0.5) is 17.1 Å². The van der Waals surface area contributed by atoms with E-state index >= 15 is 0 Å². The topological polar surface area (TPSA) is 16.4 Å². The van der Waals surface area contributed by atoms with Crippen molar-refractivity contribution < 1.29 is 4.42 Å². The Morgan fingerprint density at radius 1 is 0.393 bits per heavy atom. The predicted octanol–water partition coefficient (Wildman–Crippen LogP) is 15.0. The number of anilines is 3. The number of rotatable bonds is 5. The minimum atomic E-state index is -0.229. The first-order valence-electron chi connectivity index (χ1n) is 19.7. The lowest BCUT2D eigenvalue weighted by Crippen LogP contribution is -2.18. The first kappa shape index (κ1) is 32.8. The molecule has 1 aromatic heterocycles. The molecule has 0 fully saturated rings. The Labute approximate surface area is 328 Å². The molecule has 1 heterocycles. The predicted molar refractivity (Wildman–Crippen MR) is 234 cm³/mol. The van der Waals surface area contributed by atoms with Crippen LogP contribution in [0, 0.1) is 0 Å². The molecule has 8 aromatic carbocycles. The summed E-state index contributed by atoms with van der Waals surface area (Å²) in [5, 5.41) is 2.24. The molecule has 2 aliphatic rings. The van der Waals surface area contributed by atoms with Crippen molar-refractivity contribution in [2.24, 2.45) is 0 Å². The molecule has 0 unspecified atom stereocenters.